The van der Waals surface area contributed by atoms with Crippen LogP contribution in [0.5, 0.6) is 6.01 Å². The lowest BCUT2D eigenvalue weighted by atomic mass is 10.1. The third kappa shape index (κ3) is 11.1. The van der Waals surface area contributed by atoms with Gasteiger partial charge in [0, 0.05) is 12.4 Å². The summed E-state index contributed by atoms with van der Waals surface area (Å²) in [6.07, 6.45) is 20.6. The van der Waals surface area contributed by atoms with Crippen LogP contribution in [-0.2, 0) is 6.42 Å². The van der Waals surface area contributed by atoms with Gasteiger partial charge in [0.05, 0.1) is 6.61 Å². The number of nitrogens with zero attached hydrogens (tertiary/aromatic N) is 2. The van der Waals surface area contributed by atoms with Gasteiger partial charge in [-0.15, -0.1) is 0 Å². The number of ether oxygens (including phenoxy) is 1. The largest absolute Gasteiger partial charge is 0.463 e. The van der Waals surface area contributed by atoms with E-state index in [9.17, 15) is 0 Å². The number of aromatic nitrogens is 2. The molecule has 3 nitrogen and oxygen atoms in total. The molecule has 0 unspecified atom stereocenters. The summed E-state index contributed by atoms with van der Waals surface area (Å²) >= 11 is 0. The van der Waals surface area contributed by atoms with Gasteiger partial charge >= 0.3 is 6.01 Å². The van der Waals surface area contributed by atoms with Gasteiger partial charge < -0.3 is 4.74 Å². The number of aryl methyl sites for hydroxylation is 1. The van der Waals surface area contributed by atoms with Crippen molar-refractivity contribution in [2.24, 2.45) is 0 Å². The fourth-order valence-electron chi connectivity index (χ4n) is 2.70. The second kappa shape index (κ2) is 14.5. The van der Waals surface area contributed by atoms with E-state index in [1.807, 2.05) is 12.4 Å². The Morgan fingerprint density at radius 3 is 1.83 bits per heavy atom. The van der Waals surface area contributed by atoms with Gasteiger partial charge in [-0.3, -0.25) is 0 Å². The zero-order chi connectivity index (χ0) is 16.6. The van der Waals surface area contributed by atoms with E-state index in [0.29, 0.717) is 6.01 Å². The zero-order valence-electron chi connectivity index (χ0n) is 15.4. The topological polar surface area (TPSA) is 35.0 Å². The van der Waals surface area contributed by atoms with Crippen LogP contribution in [0.3, 0.4) is 0 Å². The molecule has 1 aromatic heterocycles. The van der Waals surface area contributed by atoms with Crippen molar-refractivity contribution in [2.45, 2.75) is 97.3 Å². The van der Waals surface area contributed by atoms with E-state index in [0.717, 1.165) is 19.4 Å². The first-order chi connectivity index (χ1) is 11.4. The van der Waals surface area contributed by atoms with Crippen molar-refractivity contribution in [3.05, 3.63) is 18.0 Å². The predicted molar refractivity (Wildman–Crippen MR) is 98.0 cm³/mol. The summed E-state index contributed by atoms with van der Waals surface area (Å²) in [4.78, 5) is 8.64. The van der Waals surface area contributed by atoms with Gasteiger partial charge in [0.2, 0.25) is 0 Å². The summed E-state index contributed by atoms with van der Waals surface area (Å²) in [5.74, 6) is 0. The van der Waals surface area contributed by atoms with Crippen LogP contribution in [0.1, 0.15) is 96.5 Å². The van der Waals surface area contributed by atoms with Crippen LogP contribution in [0.2, 0.25) is 0 Å². The maximum absolute atomic E-state index is 5.62. The maximum atomic E-state index is 5.62. The third-order valence-electron chi connectivity index (χ3n) is 4.23. The number of unbranched alkanes of at least 4 members (excludes halogenated alkanes) is 10. The van der Waals surface area contributed by atoms with Crippen molar-refractivity contribution in [3.8, 4) is 6.01 Å². The number of hydrogen-bond acceptors (Lipinski definition) is 3. The quantitative estimate of drug-likeness (QED) is 0.365. The summed E-state index contributed by atoms with van der Waals surface area (Å²) < 4.78 is 5.62. The van der Waals surface area contributed by atoms with Crippen molar-refractivity contribution in [1.29, 1.82) is 0 Å². The van der Waals surface area contributed by atoms with Gasteiger partial charge in [-0.2, -0.15) is 0 Å². The Labute approximate surface area is 143 Å². The number of rotatable bonds is 15. The second-order valence-corrected chi connectivity index (χ2v) is 6.51. The van der Waals surface area contributed by atoms with E-state index in [2.05, 4.69) is 23.8 Å². The highest BCUT2D eigenvalue weighted by atomic mass is 16.5. The highest BCUT2D eigenvalue weighted by Crippen LogP contribution is 2.10. The van der Waals surface area contributed by atoms with Crippen LogP contribution in [0, 0.1) is 0 Å². The first-order valence-electron chi connectivity index (χ1n) is 9.80. The lowest BCUT2D eigenvalue weighted by Crippen LogP contribution is -2.01. The molecular formula is C20H36N2O. The van der Waals surface area contributed by atoms with Gasteiger partial charge in [0.15, 0.2) is 0 Å². The highest BCUT2D eigenvalue weighted by Gasteiger charge is 2.00. The Morgan fingerprint density at radius 2 is 1.22 bits per heavy atom. The SMILES string of the molecule is CCCCCCCCCOc1ncc(CCCCCCC)cn1. The molecule has 0 radical (unpaired) electrons. The molecule has 0 saturated heterocycles. The molecule has 1 aromatic rings. The molecular weight excluding hydrogens is 284 g/mol. The normalized spacial score (nSPS) is 10.9. The van der Waals surface area contributed by atoms with Gasteiger partial charge in [-0.25, -0.2) is 9.97 Å². The molecule has 23 heavy (non-hydrogen) atoms. The van der Waals surface area contributed by atoms with Crippen molar-refractivity contribution in [1.82, 2.24) is 9.97 Å². The molecule has 132 valence electrons. The maximum Gasteiger partial charge on any atom is 0.316 e. The van der Waals surface area contributed by atoms with Gasteiger partial charge in [0.25, 0.3) is 0 Å². The van der Waals surface area contributed by atoms with Gasteiger partial charge in [-0.1, -0.05) is 78.1 Å². The summed E-state index contributed by atoms with van der Waals surface area (Å²) in [7, 11) is 0. The minimum absolute atomic E-state index is 0.533. The van der Waals surface area contributed by atoms with Crippen LogP contribution in [0.15, 0.2) is 12.4 Å². The molecule has 0 fully saturated rings. The minimum atomic E-state index is 0.533. The van der Waals surface area contributed by atoms with Crippen molar-refractivity contribution < 1.29 is 4.74 Å². The summed E-state index contributed by atoms with van der Waals surface area (Å²) in [5.41, 5.74) is 1.23. The monoisotopic (exact) mass is 320 g/mol. The lowest BCUT2D eigenvalue weighted by molar-refractivity contribution is 0.281. The Balaban J connectivity index is 2.03. The molecule has 0 amide bonds. The van der Waals surface area contributed by atoms with Crippen LogP contribution >= 0.6 is 0 Å². The fraction of sp³-hybridized carbons (Fsp3) is 0.800. The van der Waals surface area contributed by atoms with E-state index in [4.69, 9.17) is 4.74 Å². The molecule has 0 aliphatic rings. The van der Waals surface area contributed by atoms with E-state index >= 15 is 0 Å². The molecule has 0 spiro atoms. The minimum Gasteiger partial charge on any atom is -0.463 e. The van der Waals surface area contributed by atoms with Crippen molar-refractivity contribution >= 4 is 0 Å². The van der Waals surface area contributed by atoms with Crippen LogP contribution in [-0.4, -0.2) is 16.6 Å². The molecule has 0 saturated carbocycles. The molecule has 0 atom stereocenters. The molecule has 0 N–H and O–H groups in total. The average molecular weight is 321 g/mol. The zero-order valence-corrected chi connectivity index (χ0v) is 15.4. The van der Waals surface area contributed by atoms with E-state index < -0.39 is 0 Å². The summed E-state index contributed by atoms with van der Waals surface area (Å²) in [6, 6.07) is 0.533. The summed E-state index contributed by atoms with van der Waals surface area (Å²) in [6.45, 7) is 5.24. The summed E-state index contributed by atoms with van der Waals surface area (Å²) in [5, 5.41) is 0. The standard InChI is InChI=1S/C20H36N2O/c1-3-5-7-9-10-12-14-16-23-20-21-17-19(18-22-20)15-13-11-8-6-4-2/h17-18H,3-16H2,1-2H3. The van der Waals surface area contributed by atoms with Crippen LogP contribution < -0.4 is 4.74 Å². The lowest BCUT2D eigenvalue weighted by Gasteiger charge is -2.05. The molecule has 1 heterocycles. The smallest absolute Gasteiger partial charge is 0.316 e. The van der Waals surface area contributed by atoms with Crippen molar-refractivity contribution in [3.63, 3.8) is 0 Å². The van der Waals surface area contributed by atoms with E-state index in [1.165, 1.54) is 76.2 Å². The van der Waals surface area contributed by atoms with Crippen LogP contribution in [0.4, 0.5) is 0 Å². The van der Waals surface area contributed by atoms with Crippen molar-refractivity contribution in [2.75, 3.05) is 6.61 Å². The Bertz CT molecular complexity index is 364. The van der Waals surface area contributed by atoms with E-state index in [-0.39, 0.29) is 0 Å². The van der Waals surface area contributed by atoms with Gasteiger partial charge in [0.1, 0.15) is 0 Å². The first kappa shape index (κ1) is 19.9. The fourth-order valence-corrected chi connectivity index (χ4v) is 2.70. The molecule has 0 aliphatic heterocycles. The third-order valence-corrected chi connectivity index (χ3v) is 4.23. The Morgan fingerprint density at radius 1 is 0.696 bits per heavy atom. The molecule has 1 rings (SSSR count). The number of hydrogen-bond donors (Lipinski definition) is 0. The van der Waals surface area contributed by atoms with Gasteiger partial charge in [-0.05, 0) is 24.8 Å². The Kier molecular flexibility index (Phi) is 12.5. The Hall–Kier alpha value is -1.12. The first-order valence-corrected chi connectivity index (χ1v) is 9.80. The molecule has 3 heteroatoms. The molecule has 0 bridgehead atoms. The molecule has 0 aromatic carbocycles. The van der Waals surface area contributed by atoms with Crippen LogP contribution in [0.25, 0.3) is 0 Å². The predicted octanol–water partition coefficient (Wildman–Crippen LogP) is 6.12. The van der Waals surface area contributed by atoms with E-state index in [1.54, 1.807) is 0 Å². The highest BCUT2D eigenvalue weighted by molar-refractivity contribution is 5.07. The molecule has 0 aliphatic carbocycles. The second-order valence-electron chi connectivity index (χ2n) is 6.51. The average Bonchev–Trinajstić information content (AvgIpc) is 2.58.